The Morgan fingerprint density at radius 3 is 2.38 bits per heavy atom. The van der Waals surface area contributed by atoms with E-state index in [1.165, 1.54) is 0 Å². The van der Waals surface area contributed by atoms with Crippen LogP contribution in [0.3, 0.4) is 0 Å². The highest BCUT2D eigenvalue weighted by Crippen LogP contribution is 2.18. The lowest BCUT2D eigenvalue weighted by molar-refractivity contribution is -0.123. The number of rotatable bonds is 8. The minimum atomic E-state index is -0.501. The molecule has 2 N–H and O–H groups in total. The Kier molecular flexibility index (Phi) is 7.05. The van der Waals surface area contributed by atoms with Crippen LogP contribution in [-0.2, 0) is 4.79 Å². The van der Waals surface area contributed by atoms with Crippen LogP contribution in [0.1, 0.15) is 10.4 Å². The molecular formula is C19H20N2O5. The maximum absolute atomic E-state index is 12.2. The van der Waals surface area contributed by atoms with Crippen LogP contribution in [-0.4, -0.2) is 32.1 Å². The second kappa shape index (κ2) is 9.73. The van der Waals surface area contributed by atoms with E-state index in [0.717, 1.165) is 0 Å². The summed E-state index contributed by atoms with van der Waals surface area (Å²) in [6.07, 6.45) is 1.58. The average Bonchev–Trinajstić information content (AvgIpc) is 2.69. The fourth-order valence-electron chi connectivity index (χ4n) is 1.98. The van der Waals surface area contributed by atoms with Crippen LogP contribution in [0.4, 0.5) is 0 Å². The summed E-state index contributed by atoms with van der Waals surface area (Å²) in [6.45, 7) is 3.58. The first kappa shape index (κ1) is 18.9. The number of nitrogens with one attached hydrogen (secondary N) is 2. The summed E-state index contributed by atoms with van der Waals surface area (Å²) >= 11 is 0. The Bertz CT molecular complexity index is 759. The first-order valence-corrected chi connectivity index (χ1v) is 7.82. The van der Waals surface area contributed by atoms with E-state index in [2.05, 4.69) is 17.4 Å². The average molecular weight is 356 g/mol. The zero-order chi connectivity index (χ0) is 18.8. The zero-order valence-corrected chi connectivity index (χ0v) is 14.4. The molecule has 0 radical (unpaired) electrons. The summed E-state index contributed by atoms with van der Waals surface area (Å²) in [5.74, 6) is 0.594. The van der Waals surface area contributed by atoms with E-state index >= 15 is 0 Å². The highest BCUT2D eigenvalue weighted by molar-refractivity contribution is 5.97. The number of ether oxygens (including phenoxy) is 3. The van der Waals surface area contributed by atoms with Gasteiger partial charge in [0.05, 0.1) is 12.7 Å². The molecule has 0 atom stereocenters. The molecule has 7 nitrogen and oxygen atoms in total. The molecule has 0 aromatic heterocycles. The molecule has 0 bridgehead atoms. The van der Waals surface area contributed by atoms with E-state index in [4.69, 9.17) is 14.2 Å². The van der Waals surface area contributed by atoms with Crippen molar-refractivity contribution >= 4 is 11.8 Å². The van der Waals surface area contributed by atoms with E-state index < -0.39 is 11.8 Å². The van der Waals surface area contributed by atoms with Gasteiger partial charge in [-0.05, 0) is 36.4 Å². The topological polar surface area (TPSA) is 85.9 Å². The summed E-state index contributed by atoms with van der Waals surface area (Å²) in [6, 6.07) is 13.5. The molecule has 2 aromatic carbocycles. The van der Waals surface area contributed by atoms with Gasteiger partial charge in [0, 0.05) is 0 Å². The number of hydrogen-bond donors (Lipinski definition) is 2. The lowest BCUT2D eigenvalue weighted by Crippen LogP contribution is -2.43. The summed E-state index contributed by atoms with van der Waals surface area (Å²) in [7, 11) is 1.56. The number of hydrogen-bond acceptors (Lipinski definition) is 5. The Morgan fingerprint density at radius 2 is 1.69 bits per heavy atom. The number of amides is 2. The van der Waals surface area contributed by atoms with Crippen LogP contribution in [0.2, 0.25) is 0 Å². The molecule has 0 aliphatic heterocycles. The number of carbonyl (C=O) groups excluding carboxylic acids is 2. The highest BCUT2D eigenvalue weighted by atomic mass is 16.5. The summed E-state index contributed by atoms with van der Waals surface area (Å²) in [4.78, 5) is 24.0. The number of benzene rings is 2. The maximum Gasteiger partial charge on any atom is 0.276 e. The Labute approximate surface area is 151 Å². The number of carbonyl (C=O) groups is 2. The van der Waals surface area contributed by atoms with Crippen molar-refractivity contribution in [2.75, 3.05) is 20.3 Å². The standard InChI is InChI=1S/C19H20N2O5/c1-3-12-25-17-7-5-4-6-16(17)19(23)21-20-18(22)13-26-15-10-8-14(24-2)9-11-15/h3-11H,1,12-13H2,2H3,(H,20,22)(H,21,23). The predicted octanol–water partition coefficient (Wildman–Crippen LogP) is 2.10. The molecular weight excluding hydrogens is 336 g/mol. The van der Waals surface area contributed by atoms with Crippen LogP contribution in [0.25, 0.3) is 0 Å². The largest absolute Gasteiger partial charge is 0.497 e. The second-order valence-corrected chi connectivity index (χ2v) is 5.06. The van der Waals surface area contributed by atoms with Gasteiger partial charge in [-0.15, -0.1) is 0 Å². The van der Waals surface area contributed by atoms with Crippen molar-refractivity contribution in [2.45, 2.75) is 0 Å². The van der Waals surface area contributed by atoms with Gasteiger partial charge >= 0.3 is 0 Å². The van der Waals surface area contributed by atoms with Crippen LogP contribution >= 0.6 is 0 Å². The molecule has 136 valence electrons. The molecule has 2 aromatic rings. The molecule has 2 amide bonds. The van der Waals surface area contributed by atoms with Gasteiger partial charge in [-0.25, -0.2) is 0 Å². The van der Waals surface area contributed by atoms with Gasteiger partial charge in [-0.3, -0.25) is 20.4 Å². The first-order valence-electron chi connectivity index (χ1n) is 7.82. The van der Waals surface area contributed by atoms with Crippen molar-refractivity contribution < 1.29 is 23.8 Å². The zero-order valence-electron chi connectivity index (χ0n) is 14.4. The van der Waals surface area contributed by atoms with Crippen LogP contribution in [0, 0.1) is 0 Å². The molecule has 0 aliphatic rings. The highest BCUT2D eigenvalue weighted by Gasteiger charge is 2.13. The molecule has 0 heterocycles. The second-order valence-electron chi connectivity index (χ2n) is 5.06. The van der Waals surface area contributed by atoms with Crippen molar-refractivity contribution in [1.82, 2.24) is 10.9 Å². The van der Waals surface area contributed by atoms with E-state index in [1.54, 1.807) is 61.7 Å². The fraction of sp³-hybridized carbons (Fsp3) is 0.158. The smallest absolute Gasteiger partial charge is 0.276 e. The van der Waals surface area contributed by atoms with Gasteiger partial charge in [-0.2, -0.15) is 0 Å². The van der Waals surface area contributed by atoms with Crippen molar-refractivity contribution in [1.29, 1.82) is 0 Å². The van der Waals surface area contributed by atoms with Gasteiger partial charge in [0.1, 0.15) is 23.9 Å². The molecule has 0 aliphatic carbocycles. The first-order chi connectivity index (χ1) is 12.6. The molecule has 26 heavy (non-hydrogen) atoms. The van der Waals surface area contributed by atoms with Crippen LogP contribution in [0.5, 0.6) is 17.2 Å². The number of methoxy groups -OCH3 is 1. The third kappa shape index (κ3) is 5.55. The van der Waals surface area contributed by atoms with Crippen molar-refractivity contribution in [2.24, 2.45) is 0 Å². The van der Waals surface area contributed by atoms with Gasteiger partial charge in [-0.1, -0.05) is 24.8 Å². The summed E-state index contributed by atoms with van der Waals surface area (Å²) in [5.41, 5.74) is 4.92. The monoisotopic (exact) mass is 356 g/mol. The SMILES string of the molecule is C=CCOc1ccccc1C(=O)NNC(=O)COc1ccc(OC)cc1. The minimum absolute atomic E-state index is 0.249. The lowest BCUT2D eigenvalue weighted by atomic mass is 10.2. The van der Waals surface area contributed by atoms with E-state index in [1.807, 2.05) is 0 Å². The maximum atomic E-state index is 12.2. The third-order valence-electron chi connectivity index (χ3n) is 3.23. The van der Waals surface area contributed by atoms with Gasteiger partial charge in [0.2, 0.25) is 0 Å². The van der Waals surface area contributed by atoms with Crippen molar-refractivity contribution in [3.8, 4) is 17.2 Å². The lowest BCUT2D eigenvalue weighted by Gasteiger charge is -2.12. The molecule has 0 fully saturated rings. The quantitative estimate of drug-likeness (QED) is 0.559. The molecule has 0 unspecified atom stereocenters. The molecule has 0 saturated carbocycles. The van der Waals surface area contributed by atoms with Crippen LogP contribution in [0.15, 0.2) is 61.2 Å². The molecule has 7 heteroatoms. The Balaban J connectivity index is 1.83. The van der Waals surface area contributed by atoms with Gasteiger partial charge in [0.15, 0.2) is 6.61 Å². The van der Waals surface area contributed by atoms with Gasteiger partial charge in [0.25, 0.3) is 11.8 Å². The normalized spacial score (nSPS) is 9.73. The summed E-state index contributed by atoms with van der Waals surface area (Å²) < 4.78 is 15.8. The number of para-hydroxylation sites is 1. The van der Waals surface area contributed by atoms with E-state index in [-0.39, 0.29) is 13.2 Å². The fourth-order valence-corrected chi connectivity index (χ4v) is 1.98. The van der Waals surface area contributed by atoms with Crippen LogP contribution < -0.4 is 25.1 Å². The Hall–Kier alpha value is -3.48. The third-order valence-corrected chi connectivity index (χ3v) is 3.23. The molecule has 0 saturated heterocycles. The van der Waals surface area contributed by atoms with Crippen molar-refractivity contribution in [3.63, 3.8) is 0 Å². The Morgan fingerprint density at radius 1 is 1.00 bits per heavy atom. The minimum Gasteiger partial charge on any atom is -0.497 e. The number of hydrazine groups is 1. The molecule has 2 rings (SSSR count). The van der Waals surface area contributed by atoms with E-state index in [9.17, 15) is 9.59 Å². The predicted molar refractivity (Wildman–Crippen MR) is 96.2 cm³/mol. The molecule has 0 spiro atoms. The van der Waals surface area contributed by atoms with Crippen molar-refractivity contribution in [3.05, 3.63) is 66.7 Å². The summed E-state index contributed by atoms with van der Waals surface area (Å²) in [5, 5.41) is 0. The van der Waals surface area contributed by atoms with Gasteiger partial charge < -0.3 is 14.2 Å². The van der Waals surface area contributed by atoms with E-state index in [0.29, 0.717) is 22.8 Å².